The molecule has 0 fully saturated rings. The van der Waals surface area contributed by atoms with Gasteiger partial charge in [0.1, 0.15) is 0 Å². The van der Waals surface area contributed by atoms with E-state index >= 15 is 0 Å². The molecule has 0 heterocycles. The fraction of sp³-hybridized carbons (Fsp3) is 0.600. The van der Waals surface area contributed by atoms with Gasteiger partial charge in [0.25, 0.3) is 5.91 Å². The first-order valence-corrected chi connectivity index (χ1v) is 4.44. The smallest absolute Gasteiger partial charge is 0.253 e. The summed E-state index contributed by atoms with van der Waals surface area (Å²) in [6.07, 6.45) is 2.45. The van der Waals surface area contributed by atoms with Gasteiger partial charge in [0, 0.05) is 12.5 Å². The van der Waals surface area contributed by atoms with E-state index in [4.69, 9.17) is 0 Å². The Bertz CT molecular complexity index is 229. The molecule has 2 amide bonds. The van der Waals surface area contributed by atoms with Gasteiger partial charge in [-0.1, -0.05) is 19.9 Å². The molecule has 1 N–H and O–H groups in total. The summed E-state index contributed by atoms with van der Waals surface area (Å²) in [6.45, 7) is 7.20. The Morgan fingerprint density at radius 1 is 1.38 bits per heavy atom. The molecule has 0 aromatic rings. The van der Waals surface area contributed by atoms with E-state index in [9.17, 15) is 9.59 Å². The van der Waals surface area contributed by atoms with Crippen LogP contribution in [0.1, 0.15) is 34.1 Å². The number of hydrogen-bond donors (Lipinski definition) is 1. The van der Waals surface area contributed by atoms with Crippen molar-refractivity contribution in [2.75, 3.05) is 0 Å². The lowest BCUT2D eigenvalue weighted by atomic mass is 10.0. The molecule has 0 aromatic heterocycles. The number of carbonyl (C=O) groups is 2. The predicted molar refractivity (Wildman–Crippen MR) is 52.0 cm³/mol. The fourth-order valence-electron chi connectivity index (χ4n) is 1.02. The number of carbonyl (C=O) groups excluding carboxylic acids is 2. The van der Waals surface area contributed by atoms with Crippen molar-refractivity contribution < 1.29 is 9.59 Å². The molecule has 0 saturated heterocycles. The van der Waals surface area contributed by atoms with Gasteiger partial charge in [0.15, 0.2) is 0 Å². The third-order valence-electron chi connectivity index (χ3n) is 1.56. The van der Waals surface area contributed by atoms with Crippen LogP contribution in [0.3, 0.4) is 0 Å². The van der Waals surface area contributed by atoms with Crippen molar-refractivity contribution in [1.29, 1.82) is 0 Å². The van der Waals surface area contributed by atoms with Crippen molar-refractivity contribution in [3.05, 3.63) is 11.6 Å². The minimum Gasteiger partial charge on any atom is -0.293 e. The highest BCUT2D eigenvalue weighted by atomic mass is 16.2. The average Bonchev–Trinajstić information content (AvgIpc) is 1.98. The zero-order chi connectivity index (χ0) is 10.4. The maximum atomic E-state index is 11.3. The summed E-state index contributed by atoms with van der Waals surface area (Å²) < 4.78 is 0. The lowest BCUT2D eigenvalue weighted by Crippen LogP contribution is -2.29. The minimum absolute atomic E-state index is 0.274. The molecule has 3 heteroatoms. The summed E-state index contributed by atoms with van der Waals surface area (Å²) >= 11 is 0. The second kappa shape index (κ2) is 5.51. The highest BCUT2D eigenvalue weighted by Gasteiger charge is 2.10. The standard InChI is InChI=1S/C10H17NO2/c1-5-9(6-7(2)3)10(13)11-8(4)12/h5,7H,6H2,1-4H3,(H,11,12,13)/b9-5-. The van der Waals surface area contributed by atoms with Gasteiger partial charge >= 0.3 is 0 Å². The molecular formula is C10H17NO2. The van der Waals surface area contributed by atoms with Gasteiger partial charge in [0.2, 0.25) is 5.91 Å². The molecule has 0 radical (unpaired) electrons. The van der Waals surface area contributed by atoms with Gasteiger partial charge in [-0.25, -0.2) is 0 Å². The quantitative estimate of drug-likeness (QED) is 0.676. The Hall–Kier alpha value is -1.12. The van der Waals surface area contributed by atoms with E-state index in [-0.39, 0.29) is 11.8 Å². The molecule has 3 nitrogen and oxygen atoms in total. The van der Waals surface area contributed by atoms with Gasteiger partial charge in [-0.05, 0) is 19.3 Å². The van der Waals surface area contributed by atoms with Crippen LogP contribution in [0, 0.1) is 5.92 Å². The van der Waals surface area contributed by atoms with E-state index in [2.05, 4.69) is 5.32 Å². The van der Waals surface area contributed by atoms with Crippen molar-refractivity contribution in [1.82, 2.24) is 5.32 Å². The van der Waals surface area contributed by atoms with Crippen LogP contribution in [0.2, 0.25) is 0 Å². The predicted octanol–water partition coefficient (Wildman–Crippen LogP) is 1.64. The molecule has 13 heavy (non-hydrogen) atoms. The highest BCUT2D eigenvalue weighted by molar-refractivity contribution is 6.03. The van der Waals surface area contributed by atoms with Crippen LogP contribution in [-0.4, -0.2) is 11.8 Å². The number of imide groups is 1. The lowest BCUT2D eigenvalue weighted by Gasteiger charge is -2.08. The van der Waals surface area contributed by atoms with Crippen LogP contribution in [0.25, 0.3) is 0 Å². The SMILES string of the molecule is C/C=C(/CC(C)C)C(=O)NC(C)=O. The molecule has 74 valence electrons. The number of hydrogen-bond acceptors (Lipinski definition) is 2. The minimum atomic E-state index is -0.312. The zero-order valence-corrected chi connectivity index (χ0v) is 8.68. The Labute approximate surface area is 79.2 Å². The molecule has 0 aliphatic carbocycles. The van der Waals surface area contributed by atoms with Crippen LogP contribution in [0.4, 0.5) is 0 Å². The molecule has 0 unspecified atom stereocenters. The molecule has 0 rings (SSSR count). The van der Waals surface area contributed by atoms with Crippen LogP contribution < -0.4 is 5.32 Å². The number of amides is 2. The highest BCUT2D eigenvalue weighted by Crippen LogP contribution is 2.10. The van der Waals surface area contributed by atoms with Crippen LogP contribution >= 0.6 is 0 Å². The molecule has 0 bridgehead atoms. The van der Waals surface area contributed by atoms with E-state index in [1.807, 2.05) is 13.8 Å². The zero-order valence-electron chi connectivity index (χ0n) is 8.68. The van der Waals surface area contributed by atoms with Crippen LogP contribution in [-0.2, 0) is 9.59 Å². The summed E-state index contributed by atoms with van der Waals surface area (Å²) in [4.78, 5) is 21.9. The van der Waals surface area contributed by atoms with E-state index in [1.54, 1.807) is 13.0 Å². The lowest BCUT2D eigenvalue weighted by molar-refractivity contribution is -0.127. The van der Waals surface area contributed by atoms with Gasteiger partial charge in [-0.15, -0.1) is 0 Å². The summed E-state index contributed by atoms with van der Waals surface area (Å²) in [5.74, 6) is -0.166. The Balaban J connectivity index is 4.26. The Morgan fingerprint density at radius 3 is 2.23 bits per heavy atom. The molecule has 0 spiro atoms. The number of rotatable bonds is 3. The molecule has 0 atom stereocenters. The van der Waals surface area contributed by atoms with E-state index in [0.717, 1.165) is 0 Å². The Morgan fingerprint density at radius 2 is 1.92 bits per heavy atom. The third kappa shape index (κ3) is 5.17. The molecule has 0 saturated carbocycles. The second-order valence-corrected chi connectivity index (χ2v) is 3.42. The largest absolute Gasteiger partial charge is 0.293 e. The summed E-state index contributed by atoms with van der Waals surface area (Å²) in [5, 5.41) is 2.25. The molecule has 0 aliphatic rings. The maximum Gasteiger partial charge on any atom is 0.253 e. The topological polar surface area (TPSA) is 46.2 Å². The van der Waals surface area contributed by atoms with E-state index in [1.165, 1.54) is 6.92 Å². The first-order valence-electron chi connectivity index (χ1n) is 4.44. The first kappa shape index (κ1) is 11.9. The summed E-state index contributed by atoms with van der Waals surface area (Å²) in [6, 6.07) is 0. The van der Waals surface area contributed by atoms with Crippen molar-refractivity contribution in [2.45, 2.75) is 34.1 Å². The maximum absolute atomic E-state index is 11.3. The summed E-state index contributed by atoms with van der Waals surface area (Å²) in [7, 11) is 0. The van der Waals surface area contributed by atoms with E-state index in [0.29, 0.717) is 17.9 Å². The van der Waals surface area contributed by atoms with Gasteiger partial charge in [-0.2, -0.15) is 0 Å². The average molecular weight is 183 g/mol. The number of nitrogens with one attached hydrogen (secondary N) is 1. The van der Waals surface area contributed by atoms with Crippen molar-refractivity contribution in [3.63, 3.8) is 0 Å². The van der Waals surface area contributed by atoms with Crippen molar-refractivity contribution in [3.8, 4) is 0 Å². The van der Waals surface area contributed by atoms with Gasteiger partial charge < -0.3 is 0 Å². The fourth-order valence-corrected chi connectivity index (χ4v) is 1.02. The van der Waals surface area contributed by atoms with Crippen molar-refractivity contribution >= 4 is 11.8 Å². The molecule has 0 aliphatic heterocycles. The van der Waals surface area contributed by atoms with Crippen LogP contribution in [0.5, 0.6) is 0 Å². The van der Waals surface area contributed by atoms with Gasteiger partial charge in [-0.3, -0.25) is 14.9 Å². The molecule has 0 aromatic carbocycles. The van der Waals surface area contributed by atoms with Crippen LogP contribution in [0.15, 0.2) is 11.6 Å². The summed E-state index contributed by atoms with van der Waals surface area (Å²) in [5.41, 5.74) is 0.671. The third-order valence-corrected chi connectivity index (χ3v) is 1.56. The second-order valence-electron chi connectivity index (χ2n) is 3.42. The Kier molecular flexibility index (Phi) is 5.04. The van der Waals surface area contributed by atoms with Crippen molar-refractivity contribution in [2.24, 2.45) is 5.92 Å². The van der Waals surface area contributed by atoms with Gasteiger partial charge in [0.05, 0.1) is 0 Å². The monoisotopic (exact) mass is 183 g/mol. The number of allylic oxidation sites excluding steroid dienone is 1. The first-order chi connectivity index (χ1) is 5.97. The molecular weight excluding hydrogens is 166 g/mol. The normalized spacial score (nSPS) is 11.6. The van der Waals surface area contributed by atoms with E-state index < -0.39 is 0 Å².